The third-order valence-corrected chi connectivity index (χ3v) is 5.63. The fraction of sp³-hybridized carbons (Fsp3) is 0.842. The first-order chi connectivity index (χ1) is 12.7. The van der Waals surface area contributed by atoms with Crippen molar-refractivity contribution in [1.82, 2.24) is 25.4 Å². The Labute approximate surface area is 157 Å². The minimum atomic E-state index is 0.334. The molecule has 3 unspecified atom stereocenters. The van der Waals surface area contributed by atoms with Gasteiger partial charge < -0.3 is 15.4 Å². The molecule has 3 atom stereocenters. The van der Waals surface area contributed by atoms with Gasteiger partial charge in [-0.1, -0.05) is 26.2 Å². The lowest BCUT2D eigenvalue weighted by molar-refractivity contribution is 0.177. The van der Waals surface area contributed by atoms with Gasteiger partial charge in [0.15, 0.2) is 11.8 Å². The molecule has 1 aliphatic carbocycles. The summed E-state index contributed by atoms with van der Waals surface area (Å²) >= 11 is 0. The van der Waals surface area contributed by atoms with Gasteiger partial charge in [0, 0.05) is 32.7 Å². The van der Waals surface area contributed by atoms with Crippen LogP contribution in [0.3, 0.4) is 0 Å². The van der Waals surface area contributed by atoms with Crippen molar-refractivity contribution in [2.45, 2.75) is 71.6 Å². The number of nitrogens with zero attached hydrogens (tertiary/aromatic N) is 4. The minimum absolute atomic E-state index is 0.334. The molecular weight excluding hydrogens is 328 g/mol. The standard InChI is InChI=1S/C19H34N6O/c1-4-20-19(21-11-15-8-6-5-7-14(15)2)22-16-9-10-18-23-17(13-26-3)24-25(18)12-16/h14-16H,4-13H2,1-3H3,(H2,20,21,22). The Hall–Kier alpha value is -1.63. The molecule has 26 heavy (non-hydrogen) atoms. The number of guanidine groups is 1. The van der Waals surface area contributed by atoms with Crippen LogP contribution < -0.4 is 10.6 Å². The molecule has 1 saturated carbocycles. The predicted molar refractivity (Wildman–Crippen MR) is 103 cm³/mol. The van der Waals surface area contributed by atoms with E-state index in [1.165, 1.54) is 25.7 Å². The SMILES string of the molecule is CCNC(=NCC1CCCCC1C)NC1CCc2nc(COC)nn2C1. The third-order valence-electron chi connectivity index (χ3n) is 5.63. The summed E-state index contributed by atoms with van der Waals surface area (Å²) in [6, 6.07) is 0.334. The van der Waals surface area contributed by atoms with Crippen LogP contribution >= 0.6 is 0 Å². The van der Waals surface area contributed by atoms with Crippen LogP contribution in [-0.4, -0.2) is 47.0 Å². The van der Waals surface area contributed by atoms with E-state index in [0.29, 0.717) is 12.6 Å². The summed E-state index contributed by atoms with van der Waals surface area (Å²) in [5, 5.41) is 11.6. The molecule has 2 N–H and O–H groups in total. The molecule has 0 radical (unpaired) electrons. The van der Waals surface area contributed by atoms with Gasteiger partial charge in [-0.3, -0.25) is 4.99 Å². The van der Waals surface area contributed by atoms with E-state index in [-0.39, 0.29) is 0 Å². The average Bonchev–Trinajstić information content (AvgIpc) is 3.03. The van der Waals surface area contributed by atoms with Crippen LogP contribution in [0, 0.1) is 11.8 Å². The van der Waals surface area contributed by atoms with Gasteiger partial charge in [-0.2, -0.15) is 5.10 Å². The maximum absolute atomic E-state index is 5.14. The number of methoxy groups -OCH3 is 1. The Kier molecular flexibility index (Phi) is 6.88. The number of aryl methyl sites for hydroxylation is 1. The van der Waals surface area contributed by atoms with E-state index in [1.54, 1.807) is 7.11 Å². The molecule has 146 valence electrons. The number of fused-ring (bicyclic) bond motifs is 1. The van der Waals surface area contributed by atoms with Crippen molar-refractivity contribution in [2.24, 2.45) is 16.8 Å². The molecular formula is C19H34N6O. The van der Waals surface area contributed by atoms with Crippen LogP contribution in [0.2, 0.25) is 0 Å². The fourth-order valence-corrected chi connectivity index (χ4v) is 4.05. The van der Waals surface area contributed by atoms with Gasteiger partial charge in [0.05, 0.1) is 6.54 Å². The molecule has 0 bridgehead atoms. The number of ether oxygens (including phenoxy) is 1. The Balaban J connectivity index is 1.58. The maximum atomic E-state index is 5.14. The Morgan fingerprint density at radius 2 is 2.15 bits per heavy atom. The van der Waals surface area contributed by atoms with Crippen molar-refractivity contribution >= 4 is 5.96 Å². The number of nitrogens with one attached hydrogen (secondary N) is 2. The van der Waals surface area contributed by atoms with Gasteiger partial charge in [0.25, 0.3) is 0 Å². The lowest BCUT2D eigenvalue weighted by Gasteiger charge is -2.28. The number of hydrogen-bond acceptors (Lipinski definition) is 4. The van der Waals surface area contributed by atoms with Gasteiger partial charge in [-0.15, -0.1) is 0 Å². The molecule has 0 aromatic carbocycles. The monoisotopic (exact) mass is 362 g/mol. The highest BCUT2D eigenvalue weighted by Crippen LogP contribution is 2.29. The van der Waals surface area contributed by atoms with Gasteiger partial charge in [0.2, 0.25) is 0 Å². The molecule has 0 saturated heterocycles. The number of hydrogen-bond donors (Lipinski definition) is 2. The van der Waals surface area contributed by atoms with E-state index in [1.807, 2.05) is 4.68 Å². The van der Waals surface area contributed by atoms with Crippen molar-refractivity contribution < 1.29 is 4.74 Å². The van der Waals surface area contributed by atoms with Crippen molar-refractivity contribution in [1.29, 1.82) is 0 Å². The van der Waals surface area contributed by atoms with Crippen LogP contribution in [-0.2, 0) is 24.3 Å². The summed E-state index contributed by atoms with van der Waals surface area (Å²) < 4.78 is 7.16. The van der Waals surface area contributed by atoms with E-state index in [9.17, 15) is 0 Å². The van der Waals surface area contributed by atoms with Crippen LogP contribution in [0.4, 0.5) is 0 Å². The predicted octanol–water partition coefficient (Wildman–Crippen LogP) is 2.12. The Bertz CT molecular complexity index is 599. The highest BCUT2D eigenvalue weighted by atomic mass is 16.5. The lowest BCUT2D eigenvalue weighted by atomic mass is 9.80. The molecule has 2 heterocycles. The molecule has 3 rings (SSSR count). The summed E-state index contributed by atoms with van der Waals surface area (Å²) in [6.45, 7) is 7.61. The summed E-state index contributed by atoms with van der Waals surface area (Å²) in [5.74, 6) is 4.30. The first-order valence-corrected chi connectivity index (χ1v) is 10.2. The number of aliphatic imine (C=N–C) groups is 1. The van der Waals surface area contributed by atoms with E-state index in [2.05, 4.69) is 34.6 Å². The summed E-state index contributed by atoms with van der Waals surface area (Å²) in [6.07, 6.45) is 7.40. The first kappa shape index (κ1) is 19.1. The van der Waals surface area contributed by atoms with Gasteiger partial charge in [-0.25, -0.2) is 9.67 Å². The first-order valence-electron chi connectivity index (χ1n) is 10.2. The van der Waals surface area contributed by atoms with E-state index < -0.39 is 0 Å². The molecule has 1 fully saturated rings. The van der Waals surface area contributed by atoms with E-state index in [0.717, 1.165) is 61.9 Å². The molecule has 2 aliphatic rings. The topological polar surface area (TPSA) is 76.4 Å². The van der Waals surface area contributed by atoms with Crippen molar-refractivity contribution in [3.8, 4) is 0 Å². The van der Waals surface area contributed by atoms with E-state index in [4.69, 9.17) is 9.73 Å². The fourth-order valence-electron chi connectivity index (χ4n) is 4.05. The van der Waals surface area contributed by atoms with Gasteiger partial charge in [-0.05, 0) is 31.6 Å². The zero-order valence-electron chi connectivity index (χ0n) is 16.5. The van der Waals surface area contributed by atoms with Crippen LogP contribution in [0.15, 0.2) is 4.99 Å². The Morgan fingerprint density at radius 1 is 1.31 bits per heavy atom. The molecule has 1 aliphatic heterocycles. The normalized spacial score (nSPS) is 26.4. The maximum Gasteiger partial charge on any atom is 0.191 e. The molecule has 1 aromatic heterocycles. The highest BCUT2D eigenvalue weighted by molar-refractivity contribution is 5.80. The van der Waals surface area contributed by atoms with Crippen LogP contribution in [0.1, 0.15) is 57.6 Å². The van der Waals surface area contributed by atoms with Crippen molar-refractivity contribution in [3.05, 3.63) is 11.6 Å². The quantitative estimate of drug-likeness (QED) is 0.599. The zero-order chi connectivity index (χ0) is 18.4. The van der Waals surface area contributed by atoms with Crippen LogP contribution in [0.5, 0.6) is 0 Å². The Morgan fingerprint density at radius 3 is 2.92 bits per heavy atom. The summed E-state index contributed by atoms with van der Waals surface area (Å²) in [5.41, 5.74) is 0. The van der Waals surface area contributed by atoms with Crippen molar-refractivity contribution in [2.75, 3.05) is 20.2 Å². The largest absolute Gasteiger partial charge is 0.377 e. The molecule has 7 nitrogen and oxygen atoms in total. The van der Waals surface area contributed by atoms with Crippen LogP contribution in [0.25, 0.3) is 0 Å². The molecule has 1 aromatic rings. The number of aromatic nitrogens is 3. The summed E-state index contributed by atoms with van der Waals surface area (Å²) in [4.78, 5) is 9.45. The van der Waals surface area contributed by atoms with Gasteiger partial charge in [0.1, 0.15) is 12.4 Å². The minimum Gasteiger partial charge on any atom is -0.377 e. The molecule has 0 spiro atoms. The average molecular weight is 363 g/mol. The third kappa shape index (κ3) is 4.96. The second-order valence-corrected chi connectivity index (χ2v) is 7.68. The number of rotatable bonds is 6. The zero-order valence-corrected chi connectivity index (χ0v) is 16.5. The van der Waals surface area contributed by atoms with E-state index >= 15 is 0 Å². The smallest absolute Gasteiger partial charge is 0.191 e. The molecule has 7 heteroatoms. The van der Waals surface area contributed by atoms with Crippen molar-refractivity contribution in [3.63, 3.8) is 0 Å². The lowest BCUT2D eigenvalue weighted by Crippen LogP contribution is -2.47. The van der Waals surface area contributed by atoms with Gasteiger partial charge >= 0.3 is 0 Å². The highest BCUT2D eigenvalue weighted by Gasteiger charge is 2.23. The second-order valence-electron chi connectivity index (χ2n) is 7.68. The second kappa shape index (κ2) is 9.35. The summed E-state index contributed by atoms with van der Waals surface area (Å²) in [7, 11) is 1.68. The molecule has 0 amide bonds.